The number of aryl methyl sites for hydroxylation is 2. The Bertz CT molecular complexity index is 575. The molecule has 0 saturated heterocycles. The molecule has 0 bridgehead atoms. The second kappa shape index (κ2) is 6.23. The Hall–Kier alpha value is -2.30. The topological polar surface area (TPSA) is 58.4 Å². The van der Waals surface area contributed by atoms with E-state index in [0.29, 0.717) is 13.1 Å². The highest BCUT2D eigenvalue weighted by Gasteiger charge is 2.11. The summed E-state index contributed by atoms with van der Waals surface area (Å²) in [7, 11) is 1.94. The summed E-state index contributed by atoms with van der Waals surface area (Å²) < 4.78 is 1.95. The number of hydrogen-bond acceptors (Lipinski definition) is 3. The number of aliphatic carboxylic acids is 1. The van der Waals surface area contributed by atoms with E-state index in [9.17, 15) is 4.79 Å². The molecule has 0 aliphatic heterocycles. The first-order valence-electron chi connectivity index (χ1n) is 6.56. The molecule has 0 saturated carbocycles. The lowest BCUT2D eigenvalue weighted by atomic mass is 10.2. The smallest absolute Gasteiger partial charge is 0.305 e. The molecule has 5 heteroatoms. The zero-order chi connectivity index (χ0) is 14.5. The molecule has 0 radical (unpaired) electrons. The average molecular weight is 273 g/mol. The van der Waals surface area contributed by atoms with Gasteiger partial charge in [0.15, 0.2) is 0 Å². The van der Waals surface area contributed by atoms with Gasteiger partial charge in [-0.3, -0.25) is 4.79 Å². The summed E-state index contributed by atoms with van der Waals surface area (Å²) in [5, 5.41) is 8.89. The number of benzene rings is 1. The minimum Gasteiger partial charge on any atom is -0.481 e. The van der Waals surface area contributed by atoms with Crippen LogP contribution in [0.15, 0.2) is 36.7 Å². The van der Waals surface area contributed by atoms with Crippen LogP contribution in [0.2, 0.25) is 0 Å². The molecule has 0 amide bonds. The quantitative estimate of drug-likeness (QED) is 0.876. The number of rotatable bonds is 6. The molecule has 5 nitrogen and oxygen atoms in total. The van der Waals surface area contributed by atoms with Gasteiger partial charge in [-0.25, -0.2) is 4.98 Å². The van der Waals surface area contributed by atoms with E-state index in [1.165, 1.54) is 5.56 Å². The van der Waals surface area contributed by atoms with Crippen molar-refractivity contribution in [3.8, 4) is 0 Å². The molecule has 2 rings (SSSR count). The first-order chi connectivity index (χ1) is 9.56. The largest absolute Gasteiger partial charge is 0.481 e. The van der Waals surface area contributed by atoms with Gasteiger partial charge < -0.3 is 14.6 Å². The maximum absolute atomic E-state index is 10.8. The van der Waals surface area contributed by atoms with Crippen molar-refractivity contribution in [1.29, 1.82) is 0 Å². The van der Waals surface area contributed by atoms with Gasteiger partial charge in [-0.05, 0) is 19.1 Å². The van der Waals surface area contributed by atoms with Gasteiger partial charge in [0.25, 0.3) is 0 Å². The van der Waals surface area contributed by atoms with E-state index in [-0.39, 0.29) is 6.42 Å². The van der Waals surface area contributed by atoms with Crippen LogP contribution in [-0.4, -0.2) is 27.2 Å². The number of hydrogen-bond donors (Lipinski definition) is 1. The van der Waals surface area contributed by atoms with Crippen LogP contribution in [-0.2, 0) is 18.4 Å². The molecule has 2 aromatic rings. The molecule has 1 aromatic heterocycles. The summed E-state index contributed by atoms with van der Waals surface area (Å²) in [6.07, 6.45) is 3.75. The molecule has 1 aromatic carbocycles. The van der Waals surface area contributed by atoms with Crippen molar-refractivity contribution in [2.75, 3.05) is 11.4 Å². The fraction of sp³-hybridized carbons (Fsp3) is 0.333. The number of carboxylic acids is 1. The van der Waals surface area contributed by atoms with E-state index >= 15 is 0 Å². The van der Waals surface area contributed by atoms with Crippen molar-refractivity contribution in [2.45, 2.75) is 19.9 Å². The minimum atomic E-state index is -0.790. The third-order valence-electron chi connectivity index (χ3n) is 3.25. The van der Waals surface area contributed by atoms with E-state index in [0.717, 1.165) is 11.5 Å². The summed E-state index contributed by atoms with van der Waals surface area (Å²) in [6.45, 7) is 3.09. The minimum absolute atomic E-state index is 0.109. The zero-order valence-corrected chi connectivity index (χ0v) is 11.8. The molecular formula is C15H19N3O2. The van der Waals surface area contributed by atoms with E-state index in [4.69, 9.17) is 5.11 Å². The Morgan fingerprint density at radius 3 is 2.60 bits per heavy atom. The second-order valence-corrected chi connectivity index (χ2v) is 4.86. The summed E-state index contributed by atoms with van der Waals surface area (Å²) in [6, 6.07) is 8.09. The Kier molecular flexibility index (Phi) is 4.40. The highest BCUT2D eigenvalue weighted by molar-refractivity contribution is 5.67. The number of carbonyl (C=O) groups is 1. The van der Waals surface area contributed by atoms with Gasteiger partial charge in [0.05, 0.1) is 13.0 Å². The van der Waals surface area contributed by atoms with Crippen molar-refractivity contribution in [2.24, 2.45) is 7.05 Å². The standard InChI is InChI=1S/C15H19N3O2/c1-12-3-5-13(6-4-12)18(9-7-15(19)20)11-14-16-8-10-17(14)2/h3-6,8,10H,7,9,11H2,1-2H3,(H,19,20). The van der Waals surface area contributed by atoms with Crippen LogP contribution in [0.1, 0.15) is 17.8 Å². The van der Waals surface area contributed by atoms with Crippen molar-refractivity contribution < 1.29 is 9.90 Å². The molecule has 0 aliphatic carbocycles. The van der Waals surface area contributed by atoms with Gasteiger partial charge in [0.1, 0.15) is 5.82 Å². The molecule has 0 atom stereocenters. The molecular weight excluding hydrogens is 254 g/mol. The van der Waals surface area contributed by atoms with Gasteiger partial charge in [-0.15, -0.1) is 0 Å². The summed E-state index contributed by atoms with van der Waals surface area (Å²) in [5.74, 6) is 0.123. The van der Waals surface area contributed by atoms with E-state index in [1.807, 2.05) is 53.9 Å². The summed E-state index contributed by atoms with van der Waals surface area (Å²) in [4.78, 5) is 17.1. The monoisotopic (exact) mass is 273 g/mol. The highest BCUT2D eigenvalue weighted by atomic mass is 16.4. The maximum atomic E-state index is 10.8. The molecule has 0 aliphatic rings. The predicted octanol–water partition coefficient (Wildman–Crippen LogP) is 2.21. The van der Waals surface area contributed by atoms with Crippen LogP contribution >= 0.6 is 0 Å². The van der Waals surface area contributed by atoms with E-state index < -0.39 is 5.97 Å². The van der Waals surface area contributed by atoms with Crippen LogP contribution in [0.3, 0.4) is 0 Å². The molecule has 106 valence electrons. The van der Waals surface area contributed by atoms with Gasteiger partial charge >= 0.3 is 5.97 Å². The van der Waals surface area contributed by atoms with Crippen molar-refractivity contribution >= 4 is 11.7 Å². The zero-order valence-electron chi connectivity index (χ0n) is 11.8. The molecule has 0 fully saturated rings. The summed E-state index contributed by atoms with van der Waals surface area (Å²) in [5.41, 5.74) is 2.20. The predicted molar refractivity (Wildman–Crippen MR) is 77.7 cm³/mol. The highest BCUT2D eigenvalue weighted by Crippen LogP contribution is 2.17. The first kappa shape index (κ1) is 14.1. The van der Waals surface area contributed by atoms with Crippen molar-refractivity contribution in [3.63, 3.8) is 0 Å². The fourth-order valence-corrected chi connectivity index (χ4v) is 2.01. The van der Waals surface area contributed by atoms with Crippen molar-refractivity contribution in [3.05, 3.63) is 48.0 Å². The number of imidazole rings is 1. The number of anilines is 1. The van der Waals surface area contributed by atoms with Crippen molar-refractivity contribution in [1.82, 2.24) is 9.55 Å². The fourth-order valence-electron chi connectivity index (χ4n) is 2.01. The van der Waals surface area contributed by atoms with Crippen LogP contribution in [0.25, 0.3) is 0 Å². The Labute approximate surface area is 118 Å². The lowest BCUT2D eigenvalue weighted by molar-refractivity contribution is -0.136. The van der Waals surface area contributed by atoms with Crippen LogP contribution in [0.5, 0.6) is 0 Å². The number of aromatic nitrogens is 2. The molecule has 20 heavy (non-hydrogen) atoms. The van der Waals surface area contributed by atoms with E-state index in [2.05, 4.69) is 4.98 Å². The lowest BCUT2D eigenvalue weighted by Gasteiger charge is -2.24. The van der Waals surface area contributed by atoms with E-state index in [1.54, 1.807) is 6.20 Å². The van der Waals surface area contributed by atoms with Crippen LogP contribution < -0.4 is 4.90 Å². The second-order valence-electron chi connectivity index (χ2n) is 4.86. The SMILES string of the molecule is Cc1ccc(N(CCC(=O)O)Cc2nccn2C)cc1. The van der Waals surface area contributed by atoms with Gasteiger partial charge in [0.2, 0.25) is 0 Å². The van der Waals surface area contributed by atoms with Crippen LogP contribution in [0.4, 0.5) is 5.69 Å². The number of nitrogens with zero attached hydrogens (tertiary/aromatic N) is 3. The molecule has 0 spiro atoms. The number of carboxylic acid groups (broad SMARTS) is 1. The summed E-state index contributed by atoms with van der Waals surface area (Å²) >= 11 is 0. The molecule has 1 N–H and O–H groups in total. The normalized spacial score (nSPS) is 10.5. The van der Waals surface area contributed by atoms with Gasteiger partial charge in [-0.2, -0.15) is 0 Å². The third-order valence-corrected chi connectivity index (χ3v) is 3.25. The maximum Gasteiger partial charge on any atom is 0.305 e. The molecule has 0 unspecified atom stereocenters. The Morgan fingerprint density at radius 1 is 1.35 bits per heavy atom. The van der Waals surface area contributed by atoms with Gasteiger partial charge in [-0.1, -0.05) is 17.7 Å². The Morgan fingerprint density at radius 2 is 2.05 bits per heavy atom. The average Bonchev–Trinajstić information content (AvgIpc) is 2.81. The first-order valence-corrected chi connectivity index (χ1v) is 6.56. The van der Waals surface area contributed by atoms with Crippen LogP contribution in [0, 0.1) is 6.92 Å². The third kappa shape index (κ3) is 3.60. The molecule has 1 heterocycles. The van der Waals surface area contributed by atoms with Gasteiger partial charge in [0, 0.05) is 31.7 Å². The Balaban J connectivity index is 2.17. The lowest BCUT2D eigenvalue weighted by Crippen LogP contribution is -2.27.